The van der Waals surface area contributed by atoms with E-state index in [4.69, 9.17) is 5.11 Å². The number of carboxylic acid groups (broad SMARTS) is 1. The van der Waals surface area contributed by atoms with E-state index in [2.05, 4.69) is 4.72 Å². The van der Waals surface area contributed by atoms with Crippen LogP contribution in [0.15, 0.2) is 0 Å². The van der Waals surface area contributed by atoms with Gasteiger partial charge in [-0.2, -0.15) is 17.4 Å². The van der Waals surface area contributed by atoms with E-state index in [1.165, 1.54) is 7.05 Å². The van der Waals surface area contributed by atoms with Crippen molar-refractivity contribution in [3.63, 3.8) is 0 Å². The lowest BCUT2D eigenvalue weighted by atomic mass is 10.0. The number of aliphatic hydroxyl groups is 1. The van der Waals surface area contributed by atoms with Crippen LogP contribution in [0.1, 0.15) is 32.1 Å². The number of rotatable bonds is 7. The van der Waals surface area contributed by atoms with E-state index in [1.54, 1.807) is 0 Å². The van der Waals surface area contributed by atoms with Crippen LogP contribution >= 0.6 is 0 Å². The Morgan fingerprint density at radius 3 is 2.44 bits per heavy atom. The van der Waals surface area contributed by atoms with Gasteiger partial charge in [-0.15, -0.1) is 0 Å². The molecule has 0 atom stereocenters. The Morgan fingerprint density at radius 1 is 1.39 bits per heavy atom. The summed E-state index contributed by atoms with van der Waals surface area (Å²) in [6.07, 6.45) is 2.73. The predicted molar refractivity (Wildman–Crippen MR) is 65.2 cm³/mol. The molecular formula is C10H20N2O5S. The molecule has 3 N–H and O–H groups in total. The Morgan fingerprint density at radius 2 is 1.94 bits per heavy atom. The minimum absolute atomic E-state index is 0.0211. The zero-order valence-electron chi connectivity index (χ0n) is 10.4. The molecular weight excluding hydrogens is 260 g/mol. The van der Waals surface area contributed by atoms with Crippen molar-refractivity contribution in [3.05, 3.63) is 0 Å². The Balaban J connectivity index is 2.45. The van der Waals surface area contributed by atoms with E-state index in [0.717, 1.165) is 17.1 Å². The first kappa shape index (κ1) is 15.4. The minimum atomic E-state index is -3.72. The lowest BCUT2D eigenvalue weighted by Gasteiger charge is -2.24. The van der Waals surface area contributed by atoms with Crippen molar-refractivity contribution in [3.8, 4) is 0 Å². The first-order valence-corrected chi connectivity index (χ1v) is 7.34. The minimum Gasteiger partial charge on any atom is -0.481 e. The fourth-order valence-electron chi connectivity index (χ4n) is 1.92. The van der Waals surface area contributed by atoms with Gasteiger partial charge in [0.05, 0.1) is 12.0 Å². The number of carbonyl (C=O) groups is 1. The normalized spacial score (nSPS) is 19.3. The summed E-state index contributed by atoms with van der Waals surface area (Å²) in [5, 5.41) is 18.5. The van der Waals surface area contributed by atoms with Gasteiger partial charge in [0.15, 0.2) is 0 Å². The number of hydrogen-bond donors (Lipinski definition) is 3. The SMILES string of the molecule is CN(CCC(=O)O)S(=O)(=O)NCC1(O)CCCC1. The Labute approximate surface area is 107 Å². The highest BCUT2D eigenvalue weighted by atomic mass is 32.2. The van der Waals surface area contributed by atoms with E-state index in [-0.39, 0.29) is 19.5 Å². The molecule has 0 bridgehead atoms. The van der Waals surface area contributed by atoms with E-state index >= 15 is 0 Å². The first-order valence-electron chi connectivity index (χ1n) is 5.90. The van der Waals surface area contributed by atoms with Gasteiger partial charge in [-0.3, -0.25) is 4.79 Å². The van der Waals surface area contributed by atoms with Crippen LogP contribution in [0.2, 0.25) is 0 Å². The molecule has 1 aliphatic carbocycles. The van der Waals surface area contributed by atoms with Gasteiger partial charge in [-0.1, -0.05) is 12.8 Å². The van der Waals surface area contributed by atoms with E-state index < -0.39 is 21.8 Å². The Hall–Kier alpha value is -0.700. The second-order valence-corrected chi connectivity index (χ2v) is 6.59. The van der Waals surface area contributed by atoms with Crippen molar-refractivity contribution >= 4 is 16.2 Å². The third-order valence-electron chi connectivity index (χ3n) is 3.17. The predicted octanol–water partition coefficient (Wildman–Crippen LogP) is -0.468. The average Bonchev–Trinajstić information content (AvgIpc) is 2.71. The van der Waals surface area contributed by atoms with E-state index in [9.17, 15) is 18.3 Å². The molecule has 0 heterocycles. The number of hydrogen-bond acceptors (Lipinski definition) is 4. The van der Waals surface area contributed by atoms with Crippen LogP contribution in [-0.4, -0.2) is 54.6 Å². The summed E-state index contributed by atoms with van der Waals surface area (Å²) in [6.45, 7) is -0.115. The molecule has 0 saturated heterocycles. The molecule has 0 radical (unpaired) electrons. The fourth-order valence-corrected chi connectivity index (χ4v) is 2.92. The summed E-state index contributed by atoms with van der Waals surface area (Å²) >= 11 is 0. The van der Waals surface area contributed by atoms with Crippen LogP contribution in [0.5, 0.6) is 0 Å². The molecule has 106 valence electrons. The topological polar surface area (TPSA) is 107 Å². The smallest absolute Gasteiger partial charge is 0.304 e. The summed E-state index contributed by atoms with van der Waals surface area (Å²) in [7, 11) is -2.41. The largest absolute Gasteiger partial charge is 0.481 e. The van der Waals surface area contributed by atoms with Crippen molar-refractivity contribution in [1.29, 1.82) is 0 Å². The summed E-state index contributed by atoms with van der Waals surface area (Å²) < 4.78 is 26.8. The molecule has 1 fully saturated rings. The summed E-state index contributed by atoms with van der Waals surface area (Å²) in [6, 6.07) is 0. The number of aliphatic carboxylic acids is 1. The van der Waals surface area contributed by atoms with Crippen LogP contribution in [0.4, 0.5) is 0 Å². The lowest BCUT2D eigenvalue weighted by Crippen LogP contribution is -2.46. The molecule has 0 aromatic carbocycles. The monoisotopic (exact) mass is 280 g/mol. The Bertz CT molecular complexity index is 389. The maximum atomic E-state index is 11.8. The molecule has 8 heteroatoms. The molecule has 0 aromatic heterocycles. The van der Waals surface area contributed by atoms with E-state index in [1.807, 2.05) is 0 Å². The number of nitrogens with one attached hydrogen (secondary N) is 1. The molecule has 1 saturated carbocycles. The van der Waals surface area contributed by atoms with Gasteiger partial charge in [0, 0.05) is 20.1 Å². The summed E-state index contributed by atoms with van der Waals surface area (Å²) in [5.41, 5.74) is -0.958. The molecule has 7 nitrogen and oxygen atoms in total. The first-order chi connectivity index (χ1) is 8.25. The second-order valence-electron chi connectivity index (χ2n) is 4.72. The fraction of sp³-hybridized carbons (Fsp3) is 0.900. The average molecular weight is 280 g/mol. The van der Waals surface area contributed by atoms with Crippen molar-refractivity contribution < 1.29 is 23.4 Å². The van der Waals surface area contributed by atoms with Crippen LogP contribution in [0, 0.1) is 0 Å². The highest BCUT2D eigenvalue weighted by Gasteiger charge is 2.33. The third-order valence-corrected chi connectivity index (χ3v) is 4.68. The van der Waals surface area contributed by atoms with Crippen LogP contribution in [-0.2, 0) is 15.0 Å². The zero-order valence-corrected chi connectivity index (χ0v) is 11.2. The molecule has 0 aliphatic heterocycles. The van der Waals surface area contributed by atoms with Crippen molar-refractivity contribution in [1.82, 2.24) is 9.03 Å². The summed E-state index contributed by atoms with van der Waals surface area (Å²) in [5.74, 6) is -1.05. The molecule has 0 amide bonds. The zero-order chi connectivity index (χ0) is 13.8. The van der Waals surface area contributed by atoms with Crippen LogP contribution in [0.3, 0.4) is 0 Å². The highest BCUT2D eigenvalue weighted by Crippen LogP contribution is 2.28. The van der Waals surface area contributed by atoms with Crippen molar-refractivity contribution in [2.24, 2.45) is 0 Å². The molecule has 0 unspecified atom stereocenters. The maximum absolute atomic E-state index is 11.8. The van der Waals surface area contributed by atoms with Crippen LogP contribution < -0.4 is 4.72 Å². The lowest BCUT2D eigenvalue weighted by molar-refractivity contribution is -0.137. The van der Waals surface area contributed by atoms with Gasteiger partial charge >= 0.3 is 5.97 Å². The standard InChI is InChI=1S/C10H20N2O5S/c1-12(7-4-9(13)14)18(16,17)11-8-10(15)5-2-3-6-10/h11,15H,2-8H2,1H3,(H,13,14). The quantitative estimate of drug-likeness (QED) is 0.584. The molecule has 1 rings (SSSR count). The molecule has 0 aromatic rings. The van der Waals surface area contributed by atoms with Gasteiger partial charge in [0.25, 0.3) is 10.2 Å². The van der Waals surface area contributed by atoms with Gasteiger partial charge in [0.1, 0.15) is 0 Å². The molecule has 18 heavy (non-hydrogen) atoms. The number of carboxylic acids is 1. The van der Waals surface area contributed by atoms with Gasteiger partial charge < -0.3 is 10.2 Å². The number of nitrogens with zero attached hydrogens (tertiary/aromatic N) is 1. The second kappa shape index (κ2) is 5.96. The maximum Gasteiger partial charge on any atom is 0.304 e. The van der Waals surface area contributed by atoms with Crippen LogP contribution in [0.25, 0.3) is 0 Å². The van der Waals surface area contributed by atoms with Gasteiger partial charge in [-0.25, -0.2) is 0 Å². The molecule has 0 spiro atoms. The van der Waals surface area contributed by atoms with Gasteiger partial charge in [-0.05, 0) is 12.8 Å². The van der Waals surface area contributed by atoms with Crippen molar-refractivity contribution in [2.75, 3.05) is 20.1 Å². The van der Waals surface area contributed by atoms with E-state index in [0.29, 0.717) is 12.8 Å². The Kier molecular flexibility index (Phi) is 5.09. The summed E-state index contributed by atoms with van der Waals surface area (Å²) in [4.78, 5) is 10.4. The highest BCUT2D eigenvalue weighted by molar-refractivity contribution is 7.87. The molecule has 1 aliphatic rings. The third kappa shape index (κ3) is 4.52. The van der Waals surface area contributed by atoms with Crippen molar-refractivity contribution in [2.45, 2.75) is 37.7 Å². The van der Waals surface area contributed by atoms with Gasteiger partial charge in [0.2, 0.25) is 0 Å².